The van der Waals surface area contributed by atoms with Crippen LogP contribution in [-0.4, -0.2) is 0 Å². The lowest BCUT2D eigenvalue weighted by molar-refractivity contribution is 0.657. The number of hydrogen-bond acceptors (Lipinski definition) is 0. The first kappa shape index (κ1) is 9.24. The van der Waals surface area contributed by atoms with Gasteiger partial charge in [0.05, 0.1) is 0 Å². The summed E-state index contributed by atoms with van der Waals surface area (Å²) < 4.78 is 12.7. The molecular weight excluding hydrogens is 151 g/mol. The molecule has 0 aromatic rings. The van der Waals surface area contributed by atoms with E-state index in [1.54, 1.807) is 12.2 Å². The van der Waals surface area contributed by atoms with Crippen molar-refractivity contribution in [1.82, 2.24) is 0 Å². The number of allylic oxidation sites excluding steroid dienone is 6. The van der Waals surface area contributed by atoms with Crippen molar-refractivity contribution in [3.05, 3.63) is 35.7 Å². The molecule has 0 nitrogen and oxygen atoms in total. The zero-order chi connectivity index (χ0) is 8.97. The lowest BCUT2D eigenvalue weighted by atomic mass is 9.96. The molecule has 1 unspecified atom stereocenters. The van der Waals surface area contributed by atoms with Gasteiger partial charge in [0.25, 0.3) is 0 Å². The molecule has 0 heterocycles. The van der Waals surface area contributed by atoms with E-state index in [1.807, 2.05) is 13.0 Å². The summed E-state index contributed by atoms with van der Waals surface area (Å²) >= 11 is 0. The van der Waals surface area contributed by atoms with E-state index in [-0.39, 0.29) is 5.83 Å². The Morgan fingerprint density at radius 2 is 2.42 bits per heavy atom. The maximum atomic E-state index is 12.7. The van der Waals surface area contributed by atoms with Crippen LogP contribution in [0, 0.1) is 5.92 Å². The Hall–Kier alpha value is -0.850. The summed E-state index contributed by atoms with van der Waals surface area (Å²) in [5.74, 6) is 0.334. The van der Waals surface area contributed by atoms with Gasteiger partial charge in [-0.1, -0.05) is 17.7 Å². The molecular formula is C11H15F. The van der Waals surface area contributed by atoms with Gasteiger partial charge in [-0.3, -0.25) is 0 Å². The third-order valence-corrected chi connectivity index (χ3v) is 2.34. The maximum Gasteiger partial charge on any atom is 0.118 e. The minimum atomic E-state index is -0.0959. The first-order valence-corrected chi connectivity index (χ1v) is 4.40. The fraction of sp³-hybridized carbons (Fsp3) is 0.455. The van der Waals surface area contributed by atoms with Crippen molar-refractivity contribution >= 4 is 0 Å². The largest absolute Gasteiger partial charge is 0.207 e. The Kier molecular flexibility index (Phi) is 3.27. The average Bonchev–Trinajstić information content (AvgIpc) is 2.29. The predicted octanol–water partition coefficient (Wildman–Crippen LogP) is 3.77. The van der Waals surface area contributed by atoms with E-state index < -0.39 is 0 Å². The standard InChI is InChI=1S/C11H15F/c1-3-9(2)10-5-4-6-11(12)8-7-10/h3,6-8,10H,4-5H2,1-2H3/b9-3-. The summed E-state index contributed by atoms with van der Waals surface area (Å²) in [5, 5.41) is 0. The Morgan fingerprint density at radius 1 is 1.67 bits per heavy atom. The number of halogens is 1. The molecule has 0 radical (unpaired) electrons. The molecule has 0 spiro atoms. The average molecular weight is 166 g/mol. The summed E-state index contributed by atoms with van der Waals surface area (Å²) in [6, 6.07) is 0. The van der Waals surface area contributed by atoms with E-state index in [0.29, 0.717) is 5.92 Å². The van der Waals surface area contributed by atoms with Gasteiger partial charge in [0.1, 0.15) is 5.83 Å². The molecule has 12 heavy (non-hydrogen) atoms. The minimum absolute atomic E-state index is 0.0959. The zero-order valence-corrected chi connectivity index (χ0v) is 7.68. The number of rotatable bonds is 1. The van der Waals surface area contributed by atoms with E-state index in [0.717, 1.165) is 12.8 Å². The molecule has 66 valence electrons. The summed E-state index contributed by atoms with van der Waals surface area (Å²) in [5.41, 5.74) is 1.33. The molecule has 0 saturated carbocycles. The van der Waals surface area contributed by atoms with Crippen molar-refractivity contribution in [3.8, 4) is 0 Å². The van der Waals surface area contributed by atoms with E-state index in [1.165, 1.54) is 5.57 Å². The number of hydrogen-bond donors (Lipinski definition) is 0. The van der Waals surface area contributed by atoms with Crippen LogP contribution in [0.15, 0.2) is 35.7 Å². The van der Waals surface area contributed by atoms with Crippen molar-refractivity contribution < 1.29 is 4.39 Å². The summed E-state index contributed by atoms with van der Waals surface area (Å²) in [6.07, 6.45) is 9.14. The highest BCUT2D eigenvalue weighted by Gasteiger charge is 2.08. The highest BCUT2D eigenvalue weighted by atomic mass is 19.1. The van der Waals surface area contributed by atoms with E-state index in [2.05, 4.69) is 13.0 Å². The molecule has 0 aliphatic heterocycles. The topological polar surface area (TPSA) is 0 Å². The van der Waals surface area contributed by atoms with Crippen LogP contribution in [0.3, 0.4) is 0 Å². The first-order chi connectivity index (χ1) is 5.74. The second kappa shape index (κ2) is 4.24. The Bertz CT molecular complexity index is 233. The molecule has 0 bridgehead atoms. The highest BCUT2D eigenvalue weighted by molar-refractivity contribution is 5.20. The fourth-order valence-corrected chi connectivity index (χ4v) is 1.37. The van der Waals surface area contributed by atoms with Crippen molar-refractivity contribution in [2.75, 3.05) is 0 Å². The summed E-state index contributed by atoms with van der Waals surface area (Å²) in [4.78, 5) is 0. The first-order valence-electron chi connectivity index (χ1n) is 4.40. The Balaban J connectivity index is 2.67. The molecule has 0 aromatic carbocycles. The van der Waals surface area contributed by atoms with Gasteiger partial charge in [-0.15, -0.1) is 0 Å². The van der Waals surface area contributed by atoms with E-state index in [4.69, 9.17) is 0 Å². The third-order valence-electron chi connectivity index (χ3n) is 2.34. The molecule has 0 aromatic heterocycles. The van der Waals surface area contributed by atoms with Gasteiger partial charge >= 0.3 is 0 Å². The molecule has 0 fully saturated rings. The molecule has 0 amide bonds. The Labute approximate surface area is 73.5 Å². The van der Waals surface area contributed by atoms with Crippen LogP contribution >= 0.6 is 0 Å². The lowest BCUT2D eigenvalue weighted by Crippen LogP contribution is -1.96. The summed E-state index contributed by atoms with van der Waals surface area (Å²) in [6.45, 7) is 4.12. The van der Waals surface area contributed by atoms with Gasteiger partial charge in [-0.2, -0.15) is 0 Å². The van der Waals surface area contributed by atoms with Crippen molar-refractivity contribution in [3.63, 3.8) is 0 Å². The van der Waals surface area contributed by atoms with Crippen LogP contribution in [0.2, 0.25) is 0 Å². The van der Waals surface area contributed by atoms with Gasteiger partial charge in [0.2, 0.25) is 0 Å². The van der Waals surface area contributed by atoms with Gasteiger partial charge in [-0.25, -0.2) is 4.39 Å². The second-order valence-electron chi connectivity index (χ2n) is 3.16. The second-order valence-corrected chi connectivity index (χ2v) is 3.16. The lowest BCUT2D eigenvalue weighted by Gasteiger charge is -2.09. The van der Waals surface area contributed by atoms with Crippen molar-refractivity contribution in [2.24, 2.45) is 5.92 Å². The quantitative estimate of drug-likeness (QED) is 0.520. The minimum Gasteiger partial charge on any atom is -0.207 e. The van der Waals surface area contributed by atoms with Crippen LogP contribution in [0.4, 0.5) is 4.39 Å². The van der Waals surface area contributed by atoms with Crippen LogP contribution in [0.25, 0.3) is 0 Å². The highest BCUT2D eigenvalue weighted by Crippen LogP contribution is 2.23. The van der Waals surface area contributed by atoms with Gasteiger partial charge in [-0.05, 0) is 44.8 Å². The molecule has 0 saturated heterocycles. The SMILES string of the molecule is C/C=C(/C)C1C=CC(F)=CCC1. The third kappa shape index (κ3) is 2.33. The van der Waals surface area contributed by atoms with Gasteiger partial charge in [0, 0.05) is 0 Å². The normalized spacial score (nSPS) is 25.1. The van der Waals surface area contributed by atoms with Crippen LogP contribution in [-0.2, 0) is 0 Å². The van der Waals surface area contributed by atoms with Gasteiger partial charge < -0.3 is 0 Å². The fourth-order valence-electron chi connectivity index (χ4n) is 1.37. The maximum absolute atomic E-state index is 12.7. The molecule has 1 rings (SSSR count). The van der Waals surface area contributed by atoms with Crippen LogP contribution < -0.4 is 0 Å². The molecule has 1 aliphatic rings. The molecule has 0 N–H and O–H groups in total. The monoisotopic (exact) mass is 166 g/mol. The van der Waals surface area contributed by atoms with E-state index >= 15 is 0 Å². The Morgan fingerprint density at radius 3 is 3.08 bits per heavy atom. The van der Waals surface area contributed by atoms with Crippen molar-refractivity contribution in [1.29, 1.82) is 0 Å². The molecule has 1 aliphatic carbocycles. The summed E-state index contributed by atoms with van der Waals surface area (Å²) in [7, 11) is 0. The smallest absolute Gasteiger partial charge is 0.118 e. The molecule has 1 atom stereocenters. The van der Waals surface area contributed by atoms with Gasteiger partial charge in [0.15, 0.2) is 0 Å². The zero-order valence-electron chi connectivity index (χ0n) is 7.68. The van der Waals surface area contributed by atoms with Crippen LogP contribution in [0.1, 0.15) is 26.7 Å². The molecule has 1 heteroatoms. The van der Waals surface area contributed by atoms with Crippen molar-refractivity contribution in [2.45, 2.75) is 26.7 Å². The van der Waals surface area contributed by atoms with E-state index in [9.17, 15) is 4.39 Å². The predicted molar refractivity (Wildman–Crippen MR) is 50.5 cm³/mol. The van der Waals surface area contributed by atoms with Crippen LogP contribution in [0.5, 0.6) is 0 Å².